The molecule has 0 saturated heterocycles. The smallest absolute Gasteiger partial charge is 0.257 e. The molecule has 0 radical (unpaired) electrons. The maximum Gasteiger partial charge on any atom is 0.257 e. The van der Waals surface area contributed by atoms with Crippen LogP contribution in [0.1, 0.15) is 37.0 Å². The normalized spacial score (nSPS) is 12.5. The van der Waals surface area contributed by atoms with Crippen molar-refractivity contribution in [1.82, 2.24) is 5.32 Å². The molecule has 0 aliphatic rings. The highest BCUT2D eigenvalue weighted by Crippen LogP contribution is 2.13. The molecule has 0 aromatic heterocycles. The van der Waals surface area contributed by atoms with Crippen LogP contribution < -0.4 is 11.1 Å². The minimum absolute atomic E-state index is 0.207. The van der Waals surface area contributed by atoms with E-state index in [1.807, 2.05) is 13.8 Å². The highest BCUT2D eigenvalue weighted by Gasteiger charge is 2.19. The minimum Gasteiger partial charge on any atom is -0.350 e. The third-order valence-corrected chi connectivity index (χ3v) is 3.34. The lowest BCUT2D eigenvalue weighted by Crippen LogP contribution is -2.42. The van der Waals surface area contributed by atoms with E-state index >= 15 is 0 Å². The lowest BCUT2D eigenvalue weighted by Gasteiger charge is -2.21. The Morgan fingerprint density at radius 3 is 2.26 bits per heavy atom. The fourth-order valence-electron chi connectivity index (χ4n) is 2.07. The first-order chi connectivity index (χ1) is 9.01. The average Bonchev–Trinajstić information content (AvgIpc) is 2.37. The Kier molecular flexibility index (Phi) is 5.89. The van der Waals surface area contributed by atoms with Gasteiger partial charge in [-0.3, -0.25) is 4.79 Å². The molecule has 1 atom stereocenters. The molecule has 19 heavy (non-hydrogen) atoms. The molecule has 0 saturated carbocycles. The predicted octanol–water partition coefficient (Wildman–Crippen LogP) is 2.46. The van der Waals surface area contributed by atoms with Crippen LogP contribution in [0.15, 0.2) is 18.2 Å². The Bertz CT molecular complexity index is 413. The molecule has 3 nitrogen and oxygen atoms in total. The number of carbonyl (C=O) groups excluding carboxylic acids is 1. The molecule has 1 amide bonds. The van der Waals surface area contributed by atoms with Crippen LogP contribution in [0.2, 0.25) is 0 Å². The summed E-state index contributed by atoms with van der Waals surface area (Å²) in [4.78, 5) is 11.7. The summed E-state index contributed by atoms with van der Waals surface area (Å²) in [5.41, 5.74) is 5.38. The van der Waals surface area contributed by atoms with Gasteiger partial charge >= 0.3 is 0 Å². The van der Waals surface area contributed by atoms with Crippen LogP contribution in [0.25, 0.3) is 0 Å². The van der Waals surface area contributed by atoms with Gasteiger partial charge in [-0.2, -0.15) is 0 Å². The molecule has 0 aliphatic heterocycles. The van der Waals surface area contributed by atoms with Crippen molar-refractivity contribution in [3.8, 4) is 0 Å². The first-order valence-corrected chi connectivity index (χ1v) is 6.49. The number of amides is 1. The lowest BCUT2D eigenvalue weighted by molar-refractivity contribution is 0.0939. The molecule has 1 rings (SSSR count). The molecule has 0 aliphatic carbocycles. The predicted molar refractivity (Wildman–Crippen MR) is 70.7 cm³/mol. The fourth-order valence-corrected chi connectivity index (χ4v) is 2.07. The molecule has 3 N–H and O–H groups in total. The molecule has 0 heterocycles. The van der Waals surface area contributed by atoms with E-state index in [0.29, 0.717) is 0 Å². The van der Waals surface area contributed by atoms with E-state index in [2.05, 4.69) is 5.32 Å². The third kappa shape index (κ3) is 3.99. The van der Waals surface area contributed by atoms with E-state index in [-0.39, 0.29) is 18.5 Å². The van der Waals surface area contributed by atoms with E-state index in [0.717, 1.165) is 25.0 Å². The van der Waals surface area contributed by atoms with Crippen LogP contribution in [0.5, 0.6) is 0 Å². The molecular formula is C14H20F2N2O. The molecule has 0 bridgehead atoms. The number of hydrogen-bond acceptors (Lipinski definition) is 2. The van der Waals surface area contributed by atoms with Gasteiger partial charge in [0.2, 0.25) is 0 Å². The van der Waals surface area contributed by atoms with E-state index in [4.69, 9.17) is 5.73 Å². The Balaban J connectivity index is 2.66. The number of hydrogen-bond donors (Lipinski definition) is 2. The Morgan fingerprint density at radius 1 is 1.26 bits per heavy atom. The highest BCUT2D eigenvalue weighted by atomic mass is 19.1. The van der Waals surface area contributed by atoms with E-state index < -0.39 is 23.1 Å². The van der Waals surface area contributed by atoms with Crippen LogP contribution >= 0.6 is 0 Å². The zero-order valence-electron chi connectivity index (χ0n) is 11.2. The molecule has 1 aromatic rings. The summed E-state index contributed by atoms with van der Waals surface area (Å²) in [6.07, 6.45) is 1.81. The zero-order valence-corrected chi connectivity index (χ0v) is 11.2. The Hall–Kier alpha value is -1.49. The quantitative estimate of drug-likeness (QED) is 0.834. The first kappa shape index (κ1) is 15.6. The largest absolute Gasteiger partial charge is 0.350 e. The number of benzene rings is 1. The molecular weight excluding hydrogens is 250 g/mol. The van der Waals surface area contributed by atoms with Gasteiger partial charge in [0.15, 0.2) is 0 Å². The van der Waals surface area contributed by atoms with Gasteiger partial charge in [0.05, 0.1) is 0 Å². The summed E-state index contributed by atoms with van der Waals surface area (Å²) >= 11 is 0. The number of halogens is 2. The maximum atomic E-state index is 13.4. The Morgan fingerprint density at radius 2 is 1.79 bits per heavy atom. The summed E-state index contributed by atoms with van der Waals surface area (Å²) in [5, 5.41) is 2.49. The third-order valence-electron chi connectivity index (χ3n) is 3.34. The second kappa shape index (κ2) is 7.19. The van der Waals surface area contributed by atoms with Crippen molar-refractivity contribution in [1.29, 1.82) is 0 Å². The van der Waals surface area contributed by atoms with Crippen LogP contribution in [0.4, 0.5) is 8.78 Å². The van der Waals surface area contributed by atoms with Gasteiger partial charge in [-0.1, -0.05) is 32.8 Å². The fraction of sp³-hybridized carbons (Fsp3) is 0.500. The van der Waals surface area contributed by atoms with Crippen molar-refractivity contribution in [2.75, 3.05) is 6.54 Å². The Labute approximate surface area is 112 Å². The molecule has 1 aromatic carbocycles. The van der Waals surface area contributed by atoms with Crippen LogP contribution in [0, 0.1) is 17.6 Å². The molecule has 0 fully saturated rings. The van der Waals surface area contributed by atoms with Crippen LogP contribution in [0.3, 0.4) is 0 Å². The number of nitrogens with one attached hydrogen (secondary N) is 1. The van der Waals surface area contributed by atoms with Gasteiger partial charge in [0, 0.05) is 12.6 Å². The highest BCUT2D eigenvalue weighted by molar-refractivity contribution is 5.94. The van der Waals surface area contributed by atoms with E-state index in [1.54, 1.807) is 0 Å². The van der Waals surface area contributed by atoms with Gasteiger partial charge in [0.1, 0.15) is 17.2 Å². The summed E-state index contributed by atoms with van der Waals surface area (Å²) in [7, 11) is 0. The van der Waals surface area contributed by atoms with Gasteiger partial charge in [-0.05, 0) is 18.1 Å². The van der Waals surface area contributed by atoms with Gasteiger partial charge in [0.25, 0.3) is 5.91 Å². The van der Waals surface area contributed by atoms with E-state index in [1.165, 1.54) is 6.07 Å². The van der Waals surface area contributed by atoms with Crippen LogP contribution in [-0.4, -0.2) is 18.5 Å². The number of carbonyl (C=O) groups is 1. The standard InChI is InChI=1S/C14H20F2N2O/c1-3-9(4-2)12(17)8-18-14(19)13-10(15)6-5-7-11(13)16/h5-7,9,12H,3-4,8,17H2,1-2H3,(H,18,19). The van der Waals surface area contributed by atoms with Gasteiger partial charge in [-0.15, -0.1) is 0 Å². The van der Waals surface area contributed by atoms with Crippen LogP contribution in [-0.2, 0) is 0 Å². The van der Waals surface area contributed by atoms with Crippen molar-refractivity contribution in [3.05, 3.63) is 35.4 Å². The van der Waals surface area contributed by atoms with Gasteiger partial charge in [-0.25, -0.2) is 8.78 Å². The summed E-state index contributed by atoms with van der Waals surface area (Å²) in [5.74, 6) is -2.22. The SMILES string of the molecule is CCC(CC)C(N)CNC(=O)c1c(F)cccc1F. The van der Waals surface area contributed by atoms with Gasteiger partial charge < -0.3 is 11.1 Å². The van der Waals surface area contributed by atoms with Crippen molar-refractivity contribution in [2.45, 2.75) is 32.7 Å². The summed E-state index contributed by atoms with van der Waals surface area (Å²) in [6, 6.07) is 3.11. The summed E-state index contributed by atoms with van der Waals surface area (Å²) in [6.45, 7) is 4.25. The number of rotatable bonds is 6. The average molecular weight is 270 g/mol. The topological polar surface area (TPSA) is 55.1 Å². The summed E-state index contributed by atoms with van der Waals surface area (Å²) < 4.78 is 26.8. The van der Waals surface area contributed by atoms with Crippen molar-refractivity contribution in [3.63, 3.8) is 0 Å². The second-order valence-electron chi connectivity index (χ2n) is 4.55. The number of nitrogens with two attached hydrogens (primary N) is 1. The second-order valence-corrected chi connectivity index (χ2v) is 4.55. The molecule has 0 spiro atoms. The van der Waals surface area contributed by atoms with Crippen molar-refractivity contribution >= 4 is 5.91 Å². The molecule has 1 unspecified atom stereocenters. The lowest BCUT2D eigenvalue weighted by atomic mass is 9.95. The van der Waals surface area contributed by atoms with Crippen molar-refractivity contribution < 1.29 is 13.6 Å². The monoisotopic (exact) mass is 270 g/mol. The molecule has 106 valence electrons. The minimum atomic E-state index is -0.867. The zero-order chi connectivity index (χ0) is 14.4. The molecule has 5 heteroatoms. The maximum absolute atomic E-state index is 13.4. The van der Waals surface area contributed by atoms with Crippen molar-refractivity contribution in [2.24, 2.45) is 11.7 Å². The van der Waals surface area contributed by atoms with E-state index in [9.17, 15) is 13.6 Å². The first-order valence-electron chi connectivity index (χ1n) is 6.49.